The zero-order valence-electron chi connectivity index (χ0n) is 9.34. The first-order valence-corrected chi connectivity index (χ1v) is 5.47. The Balaban J connectivity index is 2.36. The van der Waals surface area contributed by atoms with Crippen LogP contribution in [0.25, 0.3) is 22.4 Å². The van der Waals surface area contributed by atoms with Crippen LogP contribution in [0.1, 0.15) is 0 Å². The van der Waals surface area contributed by atoms with Gasteiger partial charge in [0, 0.05) is 23.9 Å². The van der Waals surface area contributed by atoms with Crippen molar-refractivity contribution in [3.8, 4) is 11.3 Å². The minimum Gasteiger partial charge on any atom is -0.439 e. The van der Waals surface area contributed by atoms with E-state index in [1.165, 1.54) is 18.3 Å². The van der Waals surface area contributed by atoms with Crippen molar-refractivity contribution in [2.24, 2.45) is 0 Å². The fourth-order valence-electron chi connectivity index (χ4n) is 1.85. The summed E-state index contributed by atoms with van der Waals surface area (Å²) in [6.45, 7) is 0. The molecule has 3 aromatic rings. The van der Waals surface area contributed by atoms with Gasteiger partial charge < -0.3 is 9.40 Å². The van der Waals surface area contributed by atoms with Gasteiger partial charge in [0.25, 0.3) is 0 Å². The molecule has 2 heterocycles. The first-order valence-electron chi connectivity index (χ1n) is 5.47. The molecule has 0 spiro atoms. The van der Waals surface area contributed by atoms with E-state index in [1.54, 1.807) is 0 Å². The quantitative estimate of drug-likeness (QED) is 0.707. The zero-order chi connectivity index (χ0) is 12.5. The summed E-state index contributed by atoms with van der Waals surface area (Å²) in [5, 5.41) is 0.0529. The Hall–Kier alpha value is -2.62. The summed E-state index contributed by atoms with van der Waals surface area (Å²) < 4.78 is 5.55. The van der Waals surface area contributed by atoms with Gasteiger partial charge in [-0.3, -0.25) is 9.59 Å². The van der Waals surface area contributed by atoms with Crippen molar-refractivity contribution in [3.63, 3.8) is 0 Å². The van der Waals surface area contributed by atoms with Gasteiger partial charge in [-0.1, -0.05) is 30.3 Å². The van der Waals surface area contributed by atoms with Gasteiger partial charge in [-0.25, -0.2) is 0 Å². The second kappa shape index (κ2) is 4.00. The first-order chi connectivity index (χ1) is 8.75. The third-order valence-electron chi connectivity index (χ3n) is 2.70. The summed E-state index contributed by atoms with van der Waals surface area (Å²) in [5.41, 5.74) is 0.323. The number of rotatable bonds is 1. The number of pyridine rings is 1. The van der Waals surface area contributed by atoms with E-state index in [2.05, 4.69) is 4.98 Å². The van der Waals surface area contributed by atoms with E-state index in [0.717, 1.165) is 5.56 Å². The monoisotopic (exact) mass is 239 g/mol. The SMILES string of the molecule is O=c1cc[nH]c2oc(-c3ccccc3)cc(=O)c12. The Labute approximate surface area is 102 Å². The summed E-state index contributed by atoms with van der Waals surface area (Å²) in [7, 11) is 0. The molecular weight excluding hydrogens is 230 g/mol. The molecule has 3 rings (SSSR count). The fourth-order valence-corrected chi connectivity index (χ4v) is 1.85. The highest BCUT2D eigenvalue weighted by molar-refractivity contribution is 5.74. The Morgan fingerprint density at radius 3 is 2.50 bits per heavy atom. The second-order valence-corrected chi connectivity index (χ2v) is 3.89. The van der Waals surface area contributed by atoms with Gasteiger partial charge in [0.15, 0.2) is 10.9 Å². The number of benzene rings is 1. The highest BCUT2D eigenvalue weighted by Crippen LogP contribution is 2.19. The van der Waals surface area contributed by atoms with E-state index >= 15 is 0 Å². The molecule has 0 aliphatic heterocycles. The van der Waals surface area contributed by atoms with Gasteiger partial charge in [-0.2, -0.15) is 0 Å². The maximum absolute atomic E-state index is 11.9. The van der Waals surface area contributed by atoms with Gasteiger partial charge in [0.05, 0.1) is 0 Å². The molecule has 1 aromatic carbocycles. The van der Waals surface area contributed by atoms with E-state index < -0.39 is 0 Å². The van der Waals surface area contributed by atoms with Crippen molar-refractivity contribution < 1.29 is 4.42 Å². The average Bonchev–Trinajstić information content (AvgIpc) is 2.39. The minimum absolute atomic E-state index is 0.0529. The predicted octanol–water partition coefficient (Wildman–Crippen LogP) is 2.15. The van der Waals surface area contributed by atoms with Crippen LogP contribution in [-0.2, 0) is 0 Å². The van der Waals surface area contributed by atoms with Crippen molar-refractivity contribution in [2.45, 2.75) is 0 Å². The summed E-state index contributed by atoms with van der Waals surface area (Å²) in [4.78, 5) is 26.3. The molecule has 2 aromatic heterocycles. The lowest BCUT2D eigenvalue weighted by atomic mass is 10.1. The first kappa shape index (κ1) is 10.5. The lowest BCUT2D eigenvalue weighted by molar-refractivity contribution is 0.605. The van der Waals surface area contributed by atoms with Crippen LogP contribution in [0.2, 0.25) is 0 Å². The van der Waals surface area contributed by atoms with Crippen molar-refractivity contribution in [3.05, 3.63) is 69.1 Å². The van der Waals surface area contributed by atoms with Crippen molar-refractivity contribution in [1.29, 1.82) is 0 Å². The molecule has 0 atom stereocenters. The molecule has 0 fully saturated rings. The predicted molar refractivity (Wildman–Crippen MR) is 68.5 cm³/mol. The molecule has 0 saturated heterocycles. The maximum Gasteiger partial charge on any atom is 0.212 e. The number of hydrogen-bond donors (Lipinski definition) is 1. The molecule has 0 aliphatic rings. The normalized spacial score (nSPS) is 10.7. The van der Waals surface area contributed by atoms with Gasteiger partial charge >= 0.3 is 0 Å². The standard InChI is InChI=1S/C14H9NO3/c16-10-6-7-15-14-13(10)11(17)8-12(18-14)9-4-2-1-3-5-9/h1-8H,(H,15,16). The summed E-state index contributed by atoms with van der Waals surface area (Å²) in [6, 6.07) is 11.9. The number of H-pyrrole nitrogens is 1. The topological polar surface area (TPSA) is 63.1 Å². The van der Waals surface area contributed by atoms with E-state index in [-0.39, 0.29) is 22.0 Å². The third kappa shape index (κ3) is 1.64. The third-order valence-corrected chi connectivity index (χ3v) is 2.70. The molecule has 1 N–H and O–H groups in total. The molecule has 0 aliphatic carbocycles. The largest absolute Gasteiger partial charge is 0.439 e. The van der Waals surface area contributed by atoms with Gasteiger partial charge in [-0.15, -0.1) is 0 Å². The Morgan fingerprint density at radius 2 is 1.72 bits per heavy atom. The van der Waals surface area contributed by atoms with E-state index in [0.29, 0.717) is 5.76 Å². The number of aromatic amines is 1. The second-order valence-electron chi connectivity index (χ2n) is 3.89. The van der Waals surface area contributed by atoms with Crippen LogP contribution in [0.5, 0.6) is 0 Å². The number of hydrogen-bond acceptors (Lipinski definition) is 3. The molecular formula is C14H9NO3. The van der Waals surface area contributed by atoms with Crippen molar-refractivity contribution >= 4 is 11.1 Å². The van der Waals surface area contributed by atoms with E-state index in [9.17, 15) is 9.59 Å². The molecule has 0 radical (unpaired) electrons. The van der Waals surface area contributed by atoms with Gasteiger partial charge in [0.1, 0.15) is 11.1 Å². The fraction of sp³-hybridized carbons (Fsp3) is 0. The van der Waals surface area contributed by atoms with Crippen LogP contribution in [0, 0.1) is 0 Å². The van der Waals surface area contributed by atoms with Crippen molar-refractivity contribution in [2.75, 3.05) is 0 Å². The van der Waals surface area contributed by atoms with Gasteiger partial charge in [0.2, 0.25) is 5.71 Å². The molecule has 4 heteroatoms. The average molecular weight is 239 g/mol. The highest BCUT2D eigenvalue weighted by Gasteiger charge is 2.08. The lowest BCUT2D eigenvalue weighted by Gasteiger charge is -2.01. The van der Waals surface area contributed by atoms with Crippen LogP contribution in [0.15, 0.2) is 62.7 Å². The molecule has 0 unspecified atom stereocenters. The van der Waals surface area contributed by atoms with Crippen LogP contribution in [-0.4, -0.2) is 4.98 Å². The van der Waals surface area contributed by atoms with Gasteiger partial charge in [-0.05, 0) is 0 Å². The zero-order valence-corrected chi connectivity index (χ0v) is 9.34. The lowest BCUT2D eigenvalue weighted by Crippen LogP contribution is -2.12. The van der Waals surface area contributed by atoms with Crippen LogP contribution < -0.4 is 10.9 Å². The Morgan fingerprint density at radius 1 is 0.944 bits per heavy atom. The molecule has 0 amide bonds. The van der Waals surface area contributed by atoms with Crippen molar-refractivity contribution in [1.82, 2.24) is 4.98 Å². The summed E-state index contributed by atoms with van der Waals surface area (Å²) in [5.74, 6) is 0.440. The maximum atomic E-state index is 11.9. The van der Waals surface area contributed by atoms with Crippen LogP contribution in [0.3, 0.4) is 0 Å². The molecule has 0 bridgehead atoms. The highest BCUT2D eigenvalue weighted by atomic mass is 16.3. The number of aromatic nitrogens is 1. The summed E-state index contributed by atoms with van der Waals surface area (Å²) >= 11 is 0. The number of nitrogens with one attached hydrogen (secondary N) is 1. The minimum atomic E-state index is -0.336. The Bertz CT molecular complexity index is 816. The van der Waals surface area contributed by atoms with Crippen LogP contribution in [0.4, 0.5) is 0 Å². The molecule has 88 valence electrons. The van der Waals surface area contributed by atoms with Crippen LogP contribution >= 0.6 is 0 Å². The van der Waals surface area contributed by atoms with E-state index in [1.807, 2.05) is 30.3 Å². The molecule has 4 nitrogen and oxygen atoms in total. The van der Waals surface area contributed by atoms with E-state index in [4.69, 9.17) is 4.42 Å². The Kier molecular flexibility index (Phi) is 2.34. The molecule has 18 heavy (non-hydrogen) atoms. The molecule has 0 saturated carbocycles. The summed E-state index contributed by atoms with van der Waals surface area (Å²) in [6.07, 6.45) is 1.46. The number of fused-ring (bicyclic) bond motifs is 1. The smallest absolute Gasteiger partial charge is 0.212 e.